The van der Waals surface area contributed by atoms with Crippen LogP contribution in [-0.2, 0) is 19.6 Å². The van der Waals surface area contributed by atoms with Gasteiger partial charge >= 0.3 is 5.97 Å². The molecule has 0 radical (unpaired) electrons. The summed E-state index contributed by atoms with van der Waals surface area (Å²) in [5.41, 5.74) is 0.375. The summed E-state index contributed by atoms with van der Waals surface area (Å²) in [5, 5.41) is 0. The number of esters is 1. The zero-order valence-corrected chi connectivity index (χ0v) is 15.4. The fraction of sp³-hybridized carbons (Fsp3) is 0.941. The Kier molecular flexibility index (Phi) is 4.28. The van der Waals surface area contributed by atoms with Crippen LogP contribution in [0.4, 0.5) is 0 Å². The van der Waals surface area contributed by atoms with Gasteiger partial charge < -0.3 is 4.74 Å². The molecule has 23 heavy (non-hydrogen) atoms. The Hall–Kier alpha value is -0.620. The molecular formula is C17H29NO4S. The lowest BCUT2D eigenvalue weighted by molar-refractivity contribution is -0.190. The molecule has 6 heteroatoms. The third kappa shape index (κ3) is 3.04. The normalized spacial score (nSPS) is 40.3. The lowest BCUT2D eigenvalue weighted by atomic mass is 9.45. The Morgan fingerprint density at radius 2 is 1.96 bits per heavy atom. The lowest BCUT2D eigenvalue weighted by Crippen LogP contribution is -2.57. The number of fused-ring (bicyclic) bond motifs is 2. The molecule has 0 amide bonds. The predicted molar refractivity (Wildman–Crippen MR) is 88.2 cm³/mol. The van der Waals surface area contributed by atoms with Crippen LogP contribution in [0.15, 0.2) is 0 Å². The Balaban J connectivity index is 1.60. The second kappa shape index (κ2) is 5.73. The van der Waals surface area contributed by atoms with E-state index in [1.165, 1.54) is 17.0 Å². The van der Waals surface area contributed by atoms with Crippen LogP contribution in [0.1, 0.15) is 46.5 Å². The van der Waals surface area contributed by atoms with E-state index in [-0.39, 0.29) is 24.5 Å². The van der Waals surface area contributed by atoms with Gasteiger partial charge in [0.2, 0.25) is 10.0 Å². The van der Waals surface area contributed by atoms with Crippen LogP contribution >= 0.6 is 0 Å². The molecule has 3 aliphatic carbocycles. The van der Waals surface area contributed by atoms with Gasteiger partial charge in [0.1, 0.15) is 6.10 Å². The minimum absolute atomic E-state index is 0.00730. The first-order valence-electron chi connectivity index (χ1n) is 8.76. The van der Waals surface area contributed by atoms with Crippen LogP contribution in [0, 0.1) is 29.1 Å². The molecule has 4 fully saturated rings. The number of carbonyl (C=O) groups is 1. The van der Waals surface area contributed by atoms with E-state index in [0.717, 1.165) is 19.3 Å². The molecule has 1 saturated heterocycles. The first-order valence-corrected chi connectivity index (χ1v) is 10.6. The summed E-state index contributed by atoms with van der Waals surface area (Å²) >= 11 is 0. The molecule has 1 heterocycles. The summed E-state index contributed by atoms with van der Waals surface area (Å²) in [6.45, 7) is 7.64. The van der Waals surface area contributed by atoms with Gasteiger partial charge in [-0.3, -0.25) is 4.79 Å². The monoisotopic (exact) mass is 343 g/mol. The van der Waals surface area contributed by atoms with E-state index in [2.05, 4.69) is 20.8 Å². The van der Waals surface area contributed by atoms with Crippen molar-refractivity contribution in [2.45, 2.75) is 52.6 Å². The first kappa shape index (κ1) is 17.2. The van der Waals surface area contributed by atoms with Gasteiger partial charge in [-0.25, -0.2) is 12.7 Å². The Labute approximate surface area is 139 Å². The van der Waals surface area contributed by atoms with E-state index in [9.17, 15) is 13.2 Å². The van der Waals surface area contributed by atoms with E-state index < -0.39 is 10.0 Å². The van der Waals surface area contributed by atoms with Gasteiger partial charge in [-0.1, -0.05) is 20.8 Å². The number of hydrogen-bond acceptors (Lipinski definition) is 4. The average Bonchev–Trinajstić information content (AvgIpc) is 2.48. The fourth-order valence-electron chi connectivity index (χ4n) is 4.94. The molecule has 5 nitrogen and oxygen atoms in total. The minimum atomic E-state index is -3.23. The quantitative estimate of drug-likeness (QED) is 0.738. The lowest BCUT2D eigenvalue weighted by Gasteiger charge is -2.61. The van der Waals surface area contributed by atoms with Crippen LogP contribution in [-0.4, -0.2) is 44.1 Å². The zero-order chi connectivity index (χ0) is 17.0. The summed E-state index contributed by atoms with van der Waals surface area (Å²) in [6, 6.07) is 0. The van der Waals surface area contributed by atoms with Crippen molar-refractivity contribution < 1.29 is 17.9 Å². The molecule has 1 aliphatic heterocycles. The zero-order valence-electron chi connectivity index (χ0n) is 14.6. The van der Waals surface area contributed by atoms with Crippen LogP contribution in [0.2, 0.25) is 0 Å². The number of nitrogens with zero attached hydrogens (tertiary/aromatic N) is 1. The maximum atomic E-state index is 12.5. The summed E-state index contributed by atoms with van der Waals surface area (Å²) in [6.07, 6.45) is 4.88. The molecule has 132 valence electrons. The second-order valence-corrected chi connectivity index (χ2v) is 10.4. The van der Waals surface area contributed by atoms with E-state index in [1.54, 1.807) is 0 Å². The fourth-order valence-corrected chi connectivity index (χ4v) is 5.85. The van der Waals surface area contributed by atoms with Crippen LogP contribution in [0.3, 0.4) is 0 Å². The topological polar surface area (TPSA) is 63.7 Å². The molecule has 4 rings (SSSR count). The van der Waals surface area contributed by atoms with Crippen molar-refractivity contribution in [1.29, 1.82) is 0 Å². The van der Waals surface area contributed by atoms with Gasteiger partial charge in [-0.05, 0) is 48.9 Å². The summed E-state index contributed by atoms with van der Waals surface area (Å²) in [4.78, 5) is 12.5. The van der Waals surface area contributed by atoms with Crippen LogP contribution < -0.4 is 0 Å². The predicted octanol–water partition coefficient (Wildman–Crippen LogP) is 2.27. The number of piperidine rings is 1. The number of hydrogen-bond donors (Lipinski definition) is 0. The van der Waals surface area contributed by atoms with Crippen LogP contribution in [0.5, 0.6) is 0 Å². The molecule has 4 aliphatic rings. The molecule has 0 aromatic rings. The molecule has 0 spiro atoms. The number of rotatable bonds is 3. The van der Waals surface area contributed by atoms with Crippen molar-refractivity contribution >= 4 is 16.0 Å². The number of sulfonamides is 1. The van der Waals surface area contributed by atoms with Crippen molar-refractivity contribution in [3.05, 3.63) is 0 Å². The van der Waals surface area contributed by atoms with Gasteiger partial charge in [0.15, 0.2) is 0 Å². The SMILES string of the molecule is CC1C(OC(=O)C2CCCN(S(C)(=O)=O)C2)CC2CC1C2(C)C. The highest BCUT2D eigenvalue weighted by molar-refractivity contribution is 7.88. The highest BCUT2D eigenvalue weighted by Gasteiger charge is 2.57. The highest BCUT2D eigenvalue weighted by Crippen LogP contribution is 2.61. The van der Waals surface area contributed by atoms with Gasteiger partial charge in [0.25, 0.3) is 0 Å². The van der Waals surface area contributed by atoms with Gasteiger partial charge in [0, 0.05) is 13.1 Å². The molecule has 0 aromatic carbocycles. The largest absolute Gasteiger partial charge is 0.462 e. The van der Waals surface area contributed by atoms with Gasteiger partial charge in [-0.15, -0.1) is 0 Å². The molecule has 2 bridgehead atoms. The molecule has 3 saturated carbocycles. The Bertz CT molecular complexity index is 585. The smallest absolute Gasteiger partial charge is 0.310 e. The average molecular weight is 343 g/mol. The van der Waals surface area contributed by atoms with Crippen molar-refractivity contribution in [1.82, 2.24) is 4.31 Å². The van der Waals surface area contributed by atoms with E-state index >= 15 is 0 Å². The van der Waals surface area contributed by atoms with Crippen molar-refractivity contribution in [2.24, 2.45) is 29.1 Å². The van der Waals surface area contributed by atoms with Gasteiger partial charge in [-0.2, -0.15) is 0 Å². The molecule has 5 unspecified atom stereocenters. The van der Waals surface area contributed by atoms with E-state index in [0.29, 0.717) is 29.7 Å². The molecule has 0 aromatic heterocycles. The number of carbonyl (C=O) groups excluding carboxylic acids is 1. The summed E-state index contributed by atoms with van der Waals surface area (Å²) in [7, 11) is -3.23. The third-order valence-electron chi connectivity index (χ3n) is 6.74. The summed E-state index contributed by atoms with van der Waals surface area (Å²) < 4.78 is 30.6. The molecular weight excluding hydrogens is 314 g/mol. The maximum Gasteiger partial charge on any atom is 0.310 e. The second-order valence-electron chi connectivity index (χ2n) is 8.39. The highest BCUT2D eigenvalue weighted by atomic mass is 32.2. The van der Waals surface area contributed by atoms with Crippen LogP contribution in [0.25, 0.3) is 0 Å². The third-order valence-corrected chi connectivity index (χ3v) is 8.01. The molecule has 5 atom stereocenters. The summed E-state index contributed by atoms with van der Waals surface area (Å²) in [5.74, 6) is 1.18. The van der Waals surface area contributed by atoms with Crippen molar-refractivity contribution in [2.75, 3.05) is 19.3 Å². The Morgan fingerprint density at radius 3 is 2.52 bits per heavy atom. The van der Waals surface area contributed by atoms with Crippen molar-refractivity contribution in [3.8, 4) is 0 Å². The standard InChI is InChI=1S/C17H29NO4S/c1-11-14-8-13(17(14,2)3)9-15(11)22-16(19)12-6-5-7-18(10-12)23(4,20)21/h11-15H,5-10H2,1-4H3. The maximum absolute atomic E-state index is 12.5. The van der Waals surface area contributed by atoms with Crippen molar-refractivity contribution in [3.63, 3.8) is 0 Å². The minimum Gasteiger partial charge on any atom is -0.462 e. The Morgan fingerprint density at radius 1 is 1.26 bits per heavy atom. The van der Waals surface area contributed by atoms with E-state index in [1.807, 2.05) is 0 Å². The van der Waals surface area contributed by atoms with E-state index in [4.69, 9.17) is 4.74 Å². The molecule has 0 N–H and O–H groups in total. The first-order chi connectivity index (χ1) is 10.6. The number of ether oxygens (including phenoxy) is 1. The van der Waals surface area contributed by atoms with Gasteiger partial charge in [0.05, 0.1) is 12.2 Å².